The Labute approximate surface area is 228 Å². The highest BCUT2D eigenvalue weighted by atomic mass is 79.9. The molecule has 1 unspecified atom stereocenters. The largest absolute Gasteiger partial charge is 0.492 e. The molecule has 7 nitrogen and oxygen atoms in total. The first-order valence-electron chi connectivity index (χ1n) is 13.2. The summed E-state index contributed by atoms with van der Waals surface area (Å²) in [6, 6.07) is 14.5. The van der Waals surface area contributed by atoms with Crippen LogP contribution >= 0.6 is 15.9 Å². The number of carbonyl (C=O) groups is 2. The van der Waals surface area contributed by atoms with Crippen molar-refractivity contribution >= 4 is 28.0 Å². The number of hydrogen-bond acceptors (Lipinski definition) is 5. The first kappa shape index (κ1) is 29.0. The Balaban J connectivity index is 1.52. The highest BCUT2D eigenvalue weighted by molar-refractivity contribution is 9.10. The first-order chi connectivity index (χ1) is 17.9. The van der Waals surface area contributed by atoms with Crippen LogP contribution in [0.5, 0.6) is 11.5 Å². The van der Waals surface area contributed by atoms with Crippen molar-refractivity contribution in [2.75, 3.05) is 26.3 Å². The number of amides is 1. The summed E-state index contributed by atoms with van der Waals surface area (Å²) in [5, 5.41) is 9.28. The predicted molar refractivity (Wildman–Crippen MR) is 146 cm³/mol. The molecule has 0 saturated heterocycles. The van der Waals surface area contributed by atoms with Gasteiger partial charge in [0.25, 0.3) is 0 Å². The molecule has 202 valence electrons. The number of halogens is 1. The van der Waals surface area contributed by atoms with Gasteiger partial charge in [-0.1, -0.05) is 60.2 Å². The quantitative estimate of drug-likeness (QED) is 0.269. The van der Waals surface area contributed by atoms with Crippen LogP contribution in [-0.4, -0.2) is 54.5 Å². The van der Waals surface area contributed by atoms with Gasteiger partial charge in [-0.05, 0) is 67.6 Å². The smallest absolute Gasteiger partial charge is 0.415 e. The van der Waals surface area contributed by atoms with E-state index in [1.165, 1.54) is 32.1 Å². The zero-order chi connectivity index (χ0) is 26.5. The molecule has 1 aliphatic carbocycles. The van der Waals surface area contributed by atoms with E-state index in [4.69, 9.17) is 14.2 Å². The van der Waals surface area contributed by atoms with E-state index in [2.05, 4.69) is 15.9 Å². The van der Waals surface area contributed by atoms with Gasteiger partial charge >= 0.3 is 12.1 Å². The third kappa shape index (κ3) is 10.4. The molecule has 1 atom stereocenters. The van der Waals surface area contributed by atoms with Crippen LogP contribution in [-0.2, 0) is 16.0 Å². The summed E-state index contributed by atoms with van der Waals surface area (Å²) in [7, 11) is 0. The molecule has 0 heterocycles. The fourth-order valence-corrected chi connectivity index (χ4v) is 4.90. The maximum absolute atomic E-state index is 13.0. The van der Waals surface area contributed by atoms with E-state index in [1.807, 2.05) is 36.4 Å². The second-order valence-corrected chi connectivity index (χ2v) is 10.3. The average Bonchev–Trinajstić information content (AvgIpc) is 2.90. The van der Waals surface area contributed by atoms with Crippen LogP contribution in [0.15, 0.2) is 53.0 Å². The number of carbonyl (C=O) groups excluding carboxylic acids is 1. The van der Waals surface area contributed by atoms with Crippen molar-refractivity contribution in [3.8, 4) is 11.5 Å². The van der Waals surface area contributed by atoms with Gasteiger partial charge in [0, 0.05) is 24.0 Å². The van der Waals surface area contributed by atoms with Gasteiger partial charge in [-0.2, -0.15) is 0 Å². The first-order valence-corrected chi connectivity index (χ1v) is 14.0. The van der Waals surface area contributed by atoms with Crippen LogP contribution in [0.4, 0.5) is 4.79 Å². The Bertz CT molecular complexity index is 959. The van der Waals surface area contributed by atoms with Gasteiger partial charge < -0.3 is 24.2 Å². The molecule has 1 N–H and O–H groups in total. The van der Waals surface area contributed by atoms with Gasteiger partial charge in [0.15, 0.2) is 6.10 Å². The van der Waals surface area contributed by atoms with Crippen LogP contribution in [0.1, 0.15) is 57.4 Å². The lowest BCUT2D eigenvalue weighted by Gasteiger charge is -2.25. The summed E-state index contributed by atoms with van der Waals surface area (Å²) in [6.45, 7) is 3.49. The van der Waals surface area contributed by atoms with E-state index < -0.39 is 12.1 Å². The van der Waals surface area contributed by atoms with Crippen molar-refractivity contribution in [1.82, 2.24) is 4.90 Å². The Kier molecular flexibility index (Phi) is 12.2. The summed E-state index contributed by atoms with van der Waals surface area (Å²) >= 11 is 3.40. The predicted octanol–water partition coefficient (Wildman–Crippen LogP) is 6.72. The molecular formula is C29H38BrNO6. The molecule has 1 saturated carbocycles. The van der Waals surface area contributed by atoms with Crippen molar-refractivity contribution in [3.63, 3.8) is 0 Å². The lowest BCUT2D eigenvalue weighted by atomic mass is 9.86. The average molecular weight is 577 g/mol. The molecule has 0 radical (unpaired) electrons. The summed E-state index contributed by atoms with van der Waals surface area (Å²) in [6.07, 6.45) is 7.68. The van der Waals surface area contributed by atoms with Crippen LogP contribution in [0.2, 0.25) is 0 Å². The highest BCUT2D eigenvalue weighted by Crippen LogP contribution is 2.27. The van der Waals surface area contributed by atoms with E-state index in [-0.39, 0.29) is 6.09 Å². The van der Waals surface area contributed by atoms with Gasteiger partial charge in [-0.3, -0.25) is 0 Å². The zero-order valence-electron chi connectivity index (χ0n) is 21.6. The van der Waals surface area contributed by atoms with Crippen LogP contribution < -0.4 is 9.47 Å². The fourth-order valence-electron chi connectivity index (χ4n) is 4.64. The van der Waals surface area contributed by atoms with Crippen molar-refractivity contribution in [1.29, 1.82) is 0 Å². The fraction of sp³-hybridized carbons (Fsp3) is 0.517. The number of carboxylic acid groups (broad SMARTS) is 1. The van der Waals surface area contributed by atoms with Crippen molar-refractivity contribution in [3.05, 3.63) is 58.6 Å². The minimum atomic E-state index is -0.972. The van der Waals surface area contributed by atoms with Gasteiger partial charge in [0.05, 0.1) is 6.54 Å². The van der Waals surface area contributed by atoms with Gasteiger partial charge in [0.1, 0.15) is 18.1 Å². The molecule has 0 aromatic heterocycles. The third-order valence-corrected chi connectivity index (χ3v) is 7.19. The lowest BCUT2D eigenvalue weighted by Crippen LogP contribution is -2.37. The van der Waals surface area contributed by atoms with E-state index in [0.717, 1.165) is 28.8 Å². The number of carboxylic acids is 1. The molecule has 37 heavy (non-hydrogen) atoms. The number of hydrogen-bond donors (Lipinski definition) is 1. The van der Waals surface area contributed by atoms with E-state index >= 15 is 0 Å². The topological polar surface area (TPSA) is 85.3 Å². The number of nitrogens with zero attached hydrogens (tertiary/aromatic N) is 1. The molecule has 1 amide bonds. The van der Waals surface area contributed by atoms with Gasteiger partial charge in [0.2, 0.25) is 0 Å². The number of ether oxygens (including phenoxy) is 3. The Morgan fingerprint density at radius 3 is 2.32 bits per heavy atom. The molecule has 2 aromatic carbocycles. The summed E-state index contributed by atoms with van der Waals surface area (Å²) in [4.78, 5) is 26.0. The standard InChI is InChI=1S/C29H38BrNO6/c1-2-35-27(28(32)33)21-23-10-14-25(15-11-23)36-20-19-31(18-6-9-22-7-4-3-5-8-22)29(34)37-26-16-12-24(30)13-17-26/h10-17,22,27H,2-9,18-21H2,1H3,(H,32,33). The molecule has 3 rings (SSSR count). The Hall–Kier alpha value is -2.58. The summed E-state index contributed by atoms with van der Waals surface area (Å²) < 4.78 is 17.7. The molecule has 8 heteroatoms. The molecule has 0 bridgehead atoms. The number of benzene rings is 2. The molecular weight excluding hydrogens is 538 g/mol. The molecule has 0 spiro atoms. The normalized spacial score (nSPS) is 14.6. The second-order valence-electron chi connectivity index (χ2n) is 9.43. The second kappa shape index (κ2) is 15.6. The summed E-state index contributed by atoms with van der Waals surface area (Å²) in [5.41, 5.74) is 0.857. The van der Waals surface area contributed by atoms with E-state index in [1.54, 1.807) is 24.0 Å². The van der Waals surface area contributed by atoms with Crippen LogP contribution in [0.3, 0.4) is 0 Å². The molecule has 2 aromatic rings. The van der Waals surface area contributed by atoms with Gasteiger partial charge in [-0.25, -0.2) is 9.59 Å². The highest BCUT2D eigenvalue weighted by Gasteiger charge is 2.19. The third-order valence-electron chi connectivity index (χ3n) is 6.66. The Morgan fingerprint density at radius 1 is 1.00 bits per heavy atom. The molecule has 1 fully saturated rings. The monoisotopic (exact) mass is 575 g/mol. The number of rotatable bonds is 14. The van der Waals surface area contributed by atoms with Gasteiger partial charge in [-0.15, -0.1) is 0 Å². The van der Waals surface area contributed by atoms with Crippen molar-refractivity contribution in [2.45, 2.75) is 64.4 Å². The van der Waals surface area contributed by atoms with Crippen LogP contribution in [0.25, 0.3) is 0 Å². The zero-order valence-corrected chi connectivity index (χ0v) is 23.2. The maximum atomic E-state index is 13.0. The van der Waals surface area contributed by atoms with Crippen molar-refractivity contribution in [2.24, 2.45) is 5.92 Å². The minimum absolute atomic E-state index is 0.292. The van der Waals surface area contributed by atoms with E-state index in [9.17, 15) is 14.7 Å². The molecule has 1 aliphatic rings. The van der Waals surface area contributed by atoms with Crippen LogP contribution in [0, 0.1) is 5.92 Å². The lowest BCUT2D eigenvalue weighted by molar-refractivity contribution is -0.149. The van der Waals surface area contributed by atoms with E-state index in [0.29, 0.717) is 44.2 Å². The number of aliphatic carboxylic acids is 1. The molecule has 0 aliphatic heterocycles. The maximum Gasteiger partial charge on any atom is 0.415 e. The summed E-state index contributed by atoms with van der Waals surface area (Å²) in [5.74, 6) is 0.960. The SMILES string of the molecule is CCOC(Cc1ccc(OCCN(CCCC2CCCCC2)C(=O)Oc2ccc(Br)cc2)cc1)C(=O)O. The Morgan fingerprint density at radius 2 is 1.68 bits per heavy atom. The van der Waals surface area contributed by atoms with Crippen molar-refractivity contribution < 1.29 is 28.9 Å². The minimum Gasteiger partial charge on any atom is -0.492 e.